The van der Waals surface area contributed by atoms with Crippen molar-refractivity contribution in [1.29, 1.82) is 0 Å². The van der Waals surface area contributed by atoms with Crippen LogP contribution in [-0.4, -0.2) is 42.5 Å². The Labute approximate surface area is 158 Å². The minimum Gasteiger partial charge on any atom is -0.495 e. The molecule has 2 bridgehead atoms. The van der Waals surface area contributed by atoms with E-state index in [9.17, 15) is 14.4 Å². The monoisotopic (exact) mass is 423 g/mol. The van der Waals surface area contributed by atoms with Crippen molar-refractivity contribution in [3.8, 4) is 5.75 Å². The Hall–Kier alpha value is -2.09. The van der Waals surface area contributed by atoms with E-state index in [1.165, 1.54) is 7.11 Å². The summed E-state index contributed by atoms with van der Waals surface area (Å²) in [5.41, 5.74) is 0.499. The van der Waals surface area contributed by atoms with Gasteiger partial charge in [-0.1, -0.05) is 28.1 Å². The Morgan fingerprint density at radius 2 is 2.08 bits per heavy atom. The third-order valence-corrected chi connectivity index (χ3v) is 6.72. The predicted octanol–water partition coefficient (Wildman–Crippen LogP) is 1.75. The highest BCUT2D eigenvalue weighted by atomic mass is 79.9. The van der Waals surface area contributed by atoms with E-state index in [4.69, 9.17) is 14.2 Å². The van der Waals surface area contributed by atoms with E-state index in [2.05, 4.69) is 21.2 Å². The van der Waals surface area contributed by atoms with Gasteiger partial charge in [0.05, 0.1) is 29.5 Å². The zero-order chi connectivity index (χ0) is 18.4. The fourth-order valence-corrected chi connectivity index (χ4v) is 5.51. The molecule has 1 heterocycles. The third kappa shape index (κ3) is 2.67. The fraction of sp³-hybridized carbons (Fsp3) is 0.500. The van der Waals surface area contributed by atoms with Crippen molar-refractivity contribution in [2.24, 2.45) is 23.7 Å². The molecule has 0 spiro atoms. The number of fused-ring (bicyclic) bond motifs is 1. The van der Waals surface area contributed by atoms with E-state index in [1.807, 2.05) is 0 Å². The van der Waals surface area contributed by atoms with Gasteiger partial charge in [-0.25, -0.2) is 0 Å². The van der Waals surface area contributed by atoms with E-state index in [0.717, 1.165) is 6.42 Å². The molecular weight excluding hydrogens is 406 g/mol. The van der Waals surface area contributed by atoms with Gasteiger partial charge in [-0.05, 0) is 24.5 Å². The molecule has 1 aliphatic heterocycles. The normalized spacial score (nSPS) is 33.7. The first-order valence-electron chi connectivity index (χ1n) is 8.45. The number of rotatable bonds is 5. The van der Waals surface area contributed by atoms with Gasteiger partial charge in [0.15, 0.2) is 6.61 Å². The van der Waals surface area contributed by atoms with Crippen LogP contribution in [0.4, 0.5) is 5.69 Å². The van der Waals surface area contributed by atoms with Crippen LogP contribution in [0, 0.1) is 23.7 Å². The molecule has 138 valence electrons. The summed E-state index contributed by atoms with van der Waals surface area (Å²) in [4.78, 5) is 36.7. The molecule has 3 aliphatic rings. The zero-order valence-corrected chi connectivity index (χ0v) is 15.6. The molecule has 1 amide bonds. The first-order chi connectivity index (χ1) is 12.5. The number of carbonyl (C=O) groups is 3. The van der Waals surface area contributed by atoms with Crippen molar-refractivity contribution in [2.45, 2.75) is 17.4 Å². The number of para-hydroxylation sites is 2. The molecule has 3 fully saturated rings. The minimum absolute atomic E-state index is 0.00577. The van der Waals surface area contributed by atoms with Gasteiger partial charge >= 0.3 is 11.9 Å². The SMILES string of the molecule is COc1ccccc1NC(=O)COC(=O)[C@H]1[C@H]2C[C@H]3[C@H](OC(=O)[C@@H]31)[C@@H]2Br. The van der Waals surface area contributed by atoms with Gasteiger partial charge in [0.1, 0.15) is 11.9 Å². The van der Waals surface area contributed by atoms with Gasteiger partial charge in [0.2, 0.25) is 0 Å². The zero-order valence-electron chi connectivity index (χ0n) is 14.0. The van der Waals surface area contributed by atoms with Crippen molar-refractivity contribution in [3.63, 3.8) is 0 Å². The van der Waals surface area contributed by atoms with Gasteiger partial charge in [0.25, 0.3) is 5.91 Å². The van der Waals surface area contributed by atoms with Crippen molar-refractivity contribution >= 4 is 39.5 Å². The molecule has 4 rings (SSSR count). The van der Waals surface area contributed by atoms with E-state index >= 15 is 0 Å². The van der Waals surface area contributed by atoms with Crippen molar-refractivity contribution < 1.29 is 28.6 Å². The number of hydrogen-bond acceptors (Lipinski definition) is 6. The second-order valence-corrected chi connectivity index (χ2v) is 7.87. The molecule has 1 saturated heterocycles. The molecule has 0 aromatic heterocycles. The number of esters is 2. The lowest BCUT2D eigenvalue weighted by Gasteiger charge is -2.26. The van der Waals surface area contributed by atoms with Crippen LogP contribution in [0.1, 0.15) is 6.42 Å². The molecule has 8 heteroatoms. The third-order valence-electron chi connectivity index (χ3n) is 5.52. The number of alkyl halides is 1. The second-order valence-electron chi connectivity index (χ2n) is 6.82. The number of halogens is 1. The molecule has 2 aliphatic carbocycles. The van der Waals surface area contributed by atoms with E-state index in [-0.39, 0.29) is 28.7 Å². The number of carbonyl (C=O) groups excluding carboxylic acids is 3. The molecule has 2 saturated carbocycles. The summed E-state index contributed by atoms with van der Waals surface area (Å²) in [6, 6.07) is 6.96. The molecule has 1 aromatic rings. The lowest BCUT2D eigenvalue weighted by molar-refractivity contribution is -0.157. The minimum atomic E-state index is -0.547. The Bertz CT molecular complexity index is 768. The van der Waals surface area contributed by atoms with Crippen LogP contribution < -0.4 is 10.1 Å². The van der Waals surface area contributed by atoms with Crippen LogP contribution in [0.2, 0.25) is 0 Å². The molecule has 6 atom stereocenters. The van der Waals surface area contributed by atoms with E-state index in [1.54, 1.807) is 24.3 Å². The van der Waals surface area contributed by atoms with Gasteiger partial charge in [-0.2, -0.15) is 0 Å². The summed E-state index contributed by atoms with van der Waals surface area (Å²) in [6.45, 7) is -0.414. The van der Waals surface area contributed by atoms with Gasteiger partial charge in [0, 0.05) is 5.92 Å². The molecular formula is C18H18BrNO6. The average molecular weight is 424 g/mol. The Morgan fingerprint density at radius 1 is 1.31 bits per heavy atom. The molecule has 0 unspecified atom stereocenters. The molecule has 0 radical (unpaired) electrons. The maximum absolute atomic E-state index is 12.5. The summed E-state index contributed by atoms with van der Waals surface area (Å²) < 4.78 is 15.8. The second kappa shape index (κ2) is 6.57. The fourth-order valence-electron chi connectivity index (χ4n) is 4.46. The smallest absolute Gasteiger partial charge is 0.310 e. The molecule has 1 N–H and O–H groups in total. The molecule has 7 nitrogen and oxygen atoms in total. The van der Waals surface area contributed by atoms with Crippen LogP contribution in [0.3, 0.4) is 0 Å². The van der Waals surface area contributed by atoms with Crippen molar-refractivity contribution in [2.75, 3.05) is 19.0 Å². The number of hydrogen-bond donors (Lipinski definition) is 1. The van der Waals surface area contributed by atoms with Crippen LogP contribution >= 0.6 is 15.9 Å². The lowest BCUT2D eigenvalue weighted by atomic mass is 9.80. The Morgan fingerprint density at radius 3 is 2.85 bits per heavy atom. The van der Waals surface area contributed by atoms with Crippen LogP contribution in [0.5, 0.6) is 5.75 Å². The summed E-state index contributed by atoms with van der Waals surface area (Å²) in [6.07, 6.45) is 0.625. The number of ether oxygens (including phenoxy) is 3. The molecule has 26 heavy (non-hydrogen) atoms. The summed E-state index contributed by atoms with van der Waals surface area (Å²) in [5, 5.41) is 2.65. The maximum Gasteiger partial charge on any atom is 0.310 e. The topological polar surface area (TPSA) is 90.9 Å². The first-order valence-corrected chi connectivity index (χ1v) is 9.37. The van der Waals surface area contributed by atoms with Crippen LogP contribution in [0.25, 0.3) is 0 Å². The number of anilines is 1. The number of amides is 1. The van der Waals surface area contributed by atoms with Crippen molar-refractivity contribution in [1.82, 2.24) is 0 Å². The van der Waals surface area contributed by atoms with Crippen LogP contribution in [0.15, 0.2) is 24.3 Å². The maximum atomic E-state index is 12.5. The predicted molar refractivity (Wildman–Crippen MR) is 93.8 cm³/mol. The van der Waals surface area contributed by atoms with E-state index in [0.29, 0.717) is 11.4 Å². The highest BCUT2D eigenvalue weighted by molar-refractivity contribution is 9.09. The highest BCUT2D eigenvalue weighted by Crippen LogP contribution is 2.60. The van der Waals surface area contributed by atoms with Gasteiger partial charge in [-0.15, -0.1) is 0 Å². The average Bonchev–Trinajstić information content (AvgIpc) is 3.24. The highest BCUT2D eigenvalue weighted by Gasteiger charge is 2.68. The van der Waals surface area contributed by atoms with Crippen LogP contribution in [-0.2, 0) is 23.9 Å². The summed E-state index contributed by atoms with van der Waals surface area (Å²) in [7, 11) is 1.50. The number of benzene rings is 1. The van der Waals surface area contributed by atoms with Gasteiger partial charge < -0.3 is 19.5 Å². The van der Waals surface area contributed by atoms with Gasteiger partial charge in [-0.3, -0.25) is 14.4 Å². The first kappa shape index (κ1) is 17.3. The molecule has 1 aromatic carbocycles. The lowest BCUT2D eigenvalue weighted by Crippen LogP contribution is -2.39. The summed E-state index contributed by atoms with van der Waals surface area (Å²) in [5.74, 6) is -1.71. The number of methoxy groups -OCH3 is 1. The number of nitrogens with one attached hydrogen (secondary N) is 1. The quantitative estimate of drug-likeness (QED) is 0.572. The van der Waals surface area contributed by atoms with Crippen molar-refractivity contribution in [3.05, 3.63) is 24.3 Å². The van der Waals surface area contributed by atoms with E-state index < -0.39 is 30.3 Å². The Balaban J connectivity index is 1.37. The largest absolute Gasteiger partial charge is 0.495 e. The standard InChI is InChI=1S/C18H18BrNO6/c1-24-11-5-3-2-4-10(11)20-12(21)7-25-17(22)13-8-6-9-14(13)18(23)26-16(9)15(8)19/h2-5,8-9,13-16H,6-7H2,1H3,(H,20,21)/t8-,9-,13+,14+,15-,16+/m1/s1. The summed E-state index contributed by atoms with van der Waals surface area (Å²) >= 11 is 3.55. The Kier molecular flexibility index (Phi) is 4.38.